The van der Waals surface area contributed by atoms with E-state index in [1.165, 1.54) is 12.1 Å². The minimum atomic E-state index is -4.68. The maximum Gasteiger partial charge on any atom is 0.417 e. The molecule has 0 bridgehead atoms. The summed E-state index contributed by atoms with van der Waals surface area (Å²) in [6, 6.07) is 19.0. The lowest BCUT2D eigenvalue weighted by Crippen LogP contribution is -2.27. The number of hydrogen-bond donors (Lipinski definition) is 2. The van der Waals surface area contributed by atoms with Crippen LogP contribution in [0.4, 0.5) is 18.9 Å². The van der Waals surface area contributed by atoms with E-state index in [1.54, 1.807) is 28.8 Å². The van der Waals surface area contributed by atoms with Gasteiger partial charge in [0.15, 0.2) is 11.0 Å². The summed E-state index contributed by atoms with van der Waals surface area (Å²) in [4.78, 5) is 25.3. The molecule has 0 aliphatic rings. The first kappa shape index (κ1) is 28.7. The molecule has 1 aromatic heterocycles. The second-order valence-electron chi connectivity index (χ2n) is 8.59. The minimum absolute atomic E-state index is 0.0163. The molecule has 0 fully saturated rings. The van der Waals surface area contributed by atoms with E-state index in [4.69, 9.17) is 4.74 Å². The molecule has 0 saturated carbocycles. The van der Waals surface area contributed by atoms with Crippen molar-refractivity contribution in [1.82, 2.24) is 20.1 Å². The molecule has 0 aliphatic heterocycles. The number of nitrogens with zero attached hydrogens (tertiary/aromatic N) is 3. The Morgan fingerprint density at radius 3 is 2.45 bits per heavy atom. The summed E-state index contributed by atoms with van der Waals surface area (Å²) in [5.74, 6) is -0.162. The predicted octanol–water partition coefficient (Wildman–Crippen LogP) is 5.65. The predicted molar refractivity (Wildman–Crippen MR) is 146 cm³/mol. The van der Waals surface area contributed by atoms with E-state index >= 15 is 0 Å². The fraction of sp³-hybridized carbons (Fsp3) is 0.214. The van der Waals surface area contributed by atoms with Crippen LogP contribution in [0.5, 0.6) is 5.75 Å². The molecule has 208 valence electrons. The van der Waals surface area contributed by atoms with Gasteiger partial charge in [0.05, 0.1) is 30.0 Å². The van der Waals surface area contributed by atoms with Crippen molar-refractivity contribution < 1.29 is 27.5 Å². The van der Waals surface area contributed by atoms with Crippen LogP contribution in [-0.4, -0.2) is 38.9 Å². The van der Waals surface area contributed by atoms with Crippen molar-refractivity contribution in [1.29, 1.82) is 0 Å². The standard InChI is InChI=1S/C28H26F3N5O3S/c1-3-39-21-13-11-19(12-14-21)33-25(37)17-40-27-35-34-24(36(27)20-8-6-7-18(2)15-20)16-32-26(38)22-9-4-5-10-23(22)28(29,30)31/h4-15H,3,16-17H2,1-2H3,(H,32,38)(H,33,37). The van der Waals surface area contributed by atoms with Crippen molar-refractivity contribution in [2.24, 2.45) is 0 Å². The molecule has 4 rings (SSSR count). The Labute approximate surface area is 233 Å². The first-order valence-corrected chi connectivity index (χ1v) is 13.3. The molecule has 3 aromatic carbocycles. The van der Waals surface area contributed by atoms with Crippen LogP contribution in [0, 0.1) is 6.92 Å². The van der Waals surface area contributed by atoms with Crippen LogP contribution in [0.3, 0.4) is 0 Å². The fourth-order valence-electron chi connectivity index (χ4n) is 3.85. The van der Waals surface area contributed by atoms with Crippen LogP contribution in [0.1, 0.15) is 34.2 Å². The number of ether oxygens (including phenoxy) is 1. The van der Waals surface area contributed by atoms with Gasteiger partial charge in [0.25, 0.3) is 5.91 Å². The Kier molecular flexibility index (Phi) is 9.10. The summed E-state index contributed by atoms with van der Waals surface area (Å²) in [7, 11) is 0. The number of benzene rings is 3. The first-order valence-electron chi connectivity index (χ1n) is 12.3. The number of halogens is 3. The Balaban J connectivity index is 1.50. The SMILES string of the molecule is CCOc1ccc(NC(=O)CSc2nnc(CNC(=O)c3ccccc3C(F)(F)F)n2-c2cccc(C)c2)cc1. The lowest BCUT2D eigenvalue weighted by molar-refractivity contribution is -0.138. The number of carbonyl (C=O) groups is 2. The molecule has 1 heterocycles. The van der Waals surface area contributed by atoms with Crippen molar-refractivity contribution in [2.75, 3.05) is 17.7 Å². The highest BCUT2D eigenvalue weighted by molar-refractivity contribution is 7.99. The number of carbonyl (C=O) groups excluding carboxylic acids is 2. The zero-order valence-corrected chi connectivity index (χ0v) is 22.5. The maximum absolute atomic E-state index is 13.4. The van der Waals surface area contributed by atoms with E-state index in [0.29, 0.717) is 28.9 Å². The Morgan fingerprint density at radius 1 is 1.00 bits per heavy atom. The average molecular weight is 570 g/mol. The van der Waals surface area contributed by atoms with Crippen LogP contribution < -0.4 is 15.4 Å². The van der Waals surface area contributed by atoms with Crippen molar-refractivity contribution in [2.45, 2.75) is 31.7 Å². The summed E-state index contributed by atoms with van der Waals surface area (Å²) in [5, 5.41) is 14.1. The zero-order valence-electron chi connectivity index (χ0n) is 21.7. The van der Waals surface area contributed by atoms with Gasteiger partial charge < -0.3 is 15.4 Å². The molecule has 2 amide bonds. The smallest absolute Gasteiger partial charge is 0.417 e. The van der Waals surface area contributed by atoms with E-state index in [-0.39, 0.29) is 24.0 Å². The third-order valence-corrected chi connectivity index (χ3v) is 6.55. The van der Waals surface area contributed by atoms with Gasteiger partial charge in [-0.2, -0.15) is 13.2 Å². The highest BCUT2D eigenvalue weighted by atomic mass is 32.2. The normalized spacial score (nSPS) is 11.2. The number of hydrogen-bond acceptors (Lipinski definition) is 6. The van der Waals surface area contributed by atoms with Gasteiger partial charge in [-0.05, 0) is 67.9 Å². The van der Waals surface area contributed by atoms with Crippen LogP contribution in [0.25, 0.3) is 5.69 Å². The van der Waals surface area contributed by atoms with E-state index < -0.39 is 23.2 Å². The number of aromatic nitrogens is 3. The molecular weight excluding hydrogens is 543 g/mol. The van der Waals surface area contributed by atoms with Crippen LogP contribution in [-0.2, 0) is 17.5 Å². The topological polar surface area (TPSA) is 98.1 Å². The number of thioether (sulfide) groups is 1. The second-order valence-corrected chi connectivity index (χ2v) is 9.54. The Hall–Kier alpha value is -4.32. The third kappa shape index (κ3) is 7.20. The molecule has 2 N–H and O–H groups in total. The van der Waals surface area contributed by atoms with E-state index in [9.17, 15) is 22.8 Å². The van der Waals surface area contributed by atoms with Gasteiger partial charge in [-0.1, -0.05) is 36.0 Å². The van der Waals surface area contributed by atoms with E-state index in [0.717, 1.165) is 29.5 Å². The van der Waals surface area contributed by atoms with Gasteiger partial charge in [0, 0.05) is 11.4 Å². The summed E-state index contributed by atoms with van der Waals surface area (Å²) in [5.41, 5.74) is 0.722. The van der Waals surface area contributed by atoms with Crippen LogP contribution >= 0.6 is 11.8 Å². The Morgan fingerprint density at radius 2 is 1.75 bits per heavy atom. The largest absolute Gasteiger partial charge is 0.494 e. The highest BCUT2D eigenvalue weighted by Crippen LogP contribution is 2.32. The summed E-state index contributed by atoms with van der Waals surface area (Å²) in [6.45, 7) is 4.14. The third-order valence-electron chi connectivity index (χ3n) is 5.63. The molecule has 0 unspecified atom stereocenters. The lowest BCUT2D eigenvalue weighted by Gasteiger charge is -2.14. The first-order chi connectivity index (χ1) is 19.2. The number of aryl methyl sites for hydroxylation is 1. The maximum atomic E-state index is 13.4. The van der Waals surface area contributed by atoms with Crippen molar-refractivity contribution in [3.05, 3.63) is 95.3 Å². The fourth-order valence-corrected chi connectivity index (χ4v) is 4.62. The molecule has 0 aliphatic carbocycles. The monoisotopic (exact) mass is 569 g/mol. The average Bonchev–Trinajstić information content (AvgIpc) is 3.34. The van der Waals surface area contributed by atoms with E-state index in [1.807, 2.05) is 38.1 Å². The molecule has 40 heavy (non-hydrogen) atoms. The summed E-state index contributed by atoms with van der Waals surface area (Å²) < 4.78 is 47.2. The van der Waals surface area contributed by atoms with Crippen LogP contribution in [0.15, 0.2) is 78.0 Å². The van der Waals surface area contributed by atoms with E-state index in [2.05, 4.69) is 20.8 Å². The Bertz CT molecular complexity index is 1490. The molecule has 8 nitrogen and oxygen atoms in total. The lowest BCUT2D eigenvalue weighted by atomic mass is 10.1. The second kappa shape index (κ2) is 12.7. The van der Waals surface area contributed by atoms with Gasteiger partial charge in [-0.3, -0.25) is 14.2 Å². The van der Waals surface area contributed by atoms with Gasteiger partial charge in [0.2, 0.25) is 5.91 Å². The molecule has 0 saturated heterocycles. The van der Waals surface area contributed by atoms with Crippen molar-refractivity contribution >= 4 is 29.3 Å². The van der Waals surface area contributed by atoms with Crippen LogP contribution in [0.2, 0.25) is 0 Å². The number of nitrogens with one attached hydrogen (secondary N) is 2. The zero-order chi connectivity index (χ0) is 28.7. The highest BCUT2D eigenvalue weighted by Gasteiger charge is 2.34. The quantitative estimate of drug-likeness (QED) is 0.240. The van der Waals surface area contributed by atoms with Crippen molar-refractivity contribution in [3.8, 4) is 11.4 Å². The molecule has 0 spiro atoms. The van der Waals surface area contributed by atoms with Gasteiger partial charge in [0.1, 0.15) is 5.75 Å². The van der Waals surface area contributed by atoms with Crippen molar-refractivity contribution in [3.63, 3.8) is 0 Å². The number of amides is 2. The minimum Gasteiger partial charge on any atom is -0.494 e. The molecule has 4 aromatic rings. The molecule has 0 radical (unpaired) electrons. The van der Waals surface area contributed by atoms with Gasteiger partial charge in [-0.25, -0.2) is 0 Å². The molecular formula is C28H26F3N5O3S. The number of anilines is 1. The number of rotatable bonds is 10. The molecule has 12 heteroatoms. The summed E-state index contributed by atoms with van der Waals surface area (Å²) in [6.07, 6.45) is -4.68. The van der Waals surface area contributed by atoms with Gasteiger partial charge >= 0.3 is 6.18 Å². The van der Waals surface area contributed by atoms with Gasteiger partial charge in [-0.15, -0.1) is 10.2 Å². The number of alkyl halides is 3. The molecule has 0 atom stereocenters. The summed E-state index contributed by atoms with van der Waals surface area (Å²) >= 11 is 1.13.